The Balaban J connectivity index is 2.71. The molecule has 0 aromatic heterocycles. The number of carbonyl (C=O) groups is 1. The average molecular weight is 278 g/mol. The van der Waals surface area contributed by atoms with Crippen molar-refractivity contribution in [2.45, 2.75) is 40.2 Å². The Hall–Kier alpha value is -1.55. The zero-order valence-electron chi connectivity index (χ0n) is 13.0. The first kappa shape index (κ1) is 16.5. The molecule has 0 radical (unpaired) electrons. The van der Waals surface area contributed by atoms with Gasteiger partial charge in [-0.1, -0.05) is 31.5 Å². The van der Waals surface area contributed by atoms with Gasteiger partial charge in [-0.2, -0.15) is 0 Å². The van der Waals surface area contributed by atoms with Crippen LogP contribution in [0.3, 0.4) is 0 Å². The van der Waals surface area contributed by atoms with Crippen LogP contribution in [-0.4, -0.2) is 25.6 Å². The van der Waals surface area contributed by atoms with Crippen molar-refractivity contribution >= 4 is 5.91 Å². The lowest BCUT2D eigenvalue weighted by Gasteiger charge is -2.18. The van der Waals surface area contributed by atoms with Gasteiger partial charge in [0.05, 0.1) is 0 Å². The Labute approximate surface area is 121 Å². The molecule has 1 amide bonds. The predicted octanol–water partition coefficient (Wildman–Crippen LogP) is 2.57. The highest BCUT2D eigenvalue weighted by Gasteiger charge is 2.12. The first-order chi connectivity index (χ1) is 9.58. The van der Waals surface area contributed by atoms with E-state index < -0.39 is 0 Å². The molecule has 1 aromatic rings. The molecular weight excluding hydrogens is 252 g/mol. The van der Waals surface area contributed by atoms with Crippen LogP contribution in [0.1, 0.15) is 44.4 Å². The quantitative estimate of drug-likeness (QED) is 0.768. The van der Waals surface area contributed by atoms with Gasteiger partial charge >= 0.3 is 0 Å². The fourth-order valence-electron chi connectivity index (χ4n) is 2.01. The van der Waals surface area contributed by atoms with Crippen molar-refractivity contribution in [2.24, 2.45) is 0 Å². The topological polar surface area (TPSA) is 50.4 Å². The maximum absolute atomic E-state index is 11.6. The standard InChI is InChI=1S/C16H26N2O2/c1-5-9-18-16(19)11-20-15-8-7-12(3)10-14(15)13(4)17-6-2/h7-8,10,13,17H,5-6,9,11H2,1-4H3,(H,18,19). The highest BCUT2D eigenvalue weighted by Crippen LogP contribution is 2.26. The van der Waals surface area contributed by atoms with E-state index in [0.29, 0.717) is 6.54 Å². The van der Waals surface area contributed by atoms with Crippen molar-refractivity contribution in [3.05, 3.63) is 29.3 Å². The van der Waals surface area contributed by atoms with E-state index in [2.05, 4.69) is 37.5 Å². The predicted molar refractivity (Wildman–Crippen MR) is 82.1 cm³/mol. The van der Waals surface area contributed by atoms with E-state index in [9.17, 15) is 4.79 Å². The molecule has 4 heteroatoms. The highest BCUT2D eigenvalue weighted by molar-refractivity contribution is 5.77. The Bertz CT molecular complexity index is 432. The second-order valence-electron chi connectivity index (χ2n) is 4.96. The van der Waals surface area contributed by atoms with E-state index in [1.54, 1.807) is 0 Å². The molecule has 0 saturated carbocycles. The Morgan fingerprint density at radius 3 is 2.75 bits per heavy atom. The summed E-state index contributed by atoms with van der Waals surface area (Å²) in [5, 5.41) is 6.18. The third kappa shape index (κ3) is 5.21. The number of carbonyl (C=O) groups excluding carboxylic acids is 1. The number of hydrogen-bond donors (Lipinski definition) is 2. The van der Waals surface area contributed by atoms with Gasteiger partial charge in [-0.25, -0.2) is 0 Å². The fourth-order valence-corrected chi connectivity index (χ4v) is 2.01. The minimum absolute atomic E-state index is 0.0644. The van der Waals surface area contributed by atoms with Crippen molar-refractivity contribution in [2.75, 3.05) is 19.7 Å². The SMILES string of the molecule is CCCNC(=O)COc1ccc(C)cc1C(C)NCC. The van der Waals surface area contributed by atoms with E-state index in [1.807, 2.05) is 19.1 Å². The lowest BCUT2D eigenvalue weighted by molar-refractivity contribution is -0.123. The molecule has 112 valence electrons. The molecule has 0 saturated heterocycles. The van der Waals surface area contributed by atoms with Crippen molar-refractivity contribution in [1.82, 2.24) is 10.6 Å². The summed E-state index contributed by atoms with van der Waals surface area (Å²) in [5.74, 6) is 0.699. The molecule has 0 heterocycles. The monoisotopic (exact) mass is 278 g/mol. The molecule has 1 rings (SSSR count). The lowest BCUT2D eigenvalue weighted by Crippen LogP contribution is -2.29. The number of nitrogens with one attached hydrogen (secondary N) is 2. The van der Waals surface area contributed by atoms with Crippen LogP contribution in [0.4, 0.5) is 0 Å². The second-order valence-corrected chi connectivity index (χ2v) is 4.96. The molecule has 0 spiro atoms. The summed E-state index contributed by atoms with van der Waals surface area (Å²) in [5.41, 5.74) is 2.28. The average Bonchev–Trinajstić information content (AvgIpc) is 2.43. The minimum Gasteiger partial charge on any atom is -0.483 e. The number of ether oxygens (including phenoxy) is 1. The molecule has 1 atom stereocenters. The van der Waals surface area contributed by atoms with Gasteiger partial charge in [-0.3, -0.25) is 4.79 Å². The Morgan fingerprint density at radius 1 is 1.35 bits per heavy atom. The smallest absolute Gasteiger partial charge is 0.257 e. The van der Waals surface area contributed by atoms with Gasteiger partial charge in [0.2, 0.25) is 0 Å². The zero-order valence-corrected chi connectivity index (χ0v) is 13.0. The van der Waals surface area contributed by atoms with Crippen LogP contribution in [0.25, 0.3) is 0 Å². The van der Waals surface area contributed by atoms with Crippen LogP contribution in [-0.2, 0) is 4.79 Å². The summed E-state index contributed by atoms with van der Waals surface area (Å²) in [6, 6.07) is 6.24. The highest BCUT2D eigenvalue weighted by atomic mass is 16.5. The zero-order chi connectivity index (χ0) is 15.0. The van der Waals surface area contributed by atoms with Gasteiger partial charge in [-0.05, 0) is 32.9 Å². The van der Waals surface area contributed by atoms with Crippen molar-refractivity contribution in [1.29, 1.82) is 0 Å². The van der Waals surface area contributed by atoms with E-state index in [-0.39, 0.29) is 18.6 Å². The van der Waals surface area contributed by atoms with Crippen LogP contribution in [0.2, 0.25) is 0 Å². The van der Waals surface area contributed by atoms with Crippen LogP contribution in [0.15, 0.2) is 18.2 Å². The van der Waals surface area contributed by atoms with Crippen molar-refractivity contribution in [3.8, 4) is 5.75 Å². The largest absolute Gasteiger partial charge is 0.483 e. The second kappa shape index (κ2) is 8.59. The van der Waals surface area contributed by atoms with E-state index in [1.165, 1.54) is 5.56 Å². The molecule has 0 aliphatic heterocycles. The number of benzene rings is 1. The van der Waals surface area contributed by atoms with Crippen LogP contribution in [0.5, 0.6) is 5.75 Å². The molecule has 20 heavy (non-hydrogen) atoms. The van der Waals surface area contributed by atoms with Gasteiger partial charge in [-0.15, -0.1) is 0 Å². The molecule has 1 aromatic carbocycles. The van der Waals surface area contributed by atoms with E-state index in [0.717, 1.165) is 24.3 Å². The summed E-state index contributed by atoms with van der Waals surface area (Å²) >= 11 is 0. The fraction of sp³-hybridized carbons (Fsp3) is 0.562. The summed E-state index contributed by atoms with van der Waals surface area (Å²) in [7, 11) is 0. The number of hydrogen-bond acceptors (Lipinski definition) is 3. The third-order valence-corrected chi connectivity index (χ3v) is 3.07. The van der Waals surface area contributed by atoms with Crippen LogP contribution < -0.4 is 15.4 Å². The molecule has 0 bridgehead atoms. The normalized spacial score (nSPS) is 12.0. The summed E-state index contributed by atoms with van der Waals surface area (Å²) < 4.78 is 5.67. The molecule has 4 nitrogen and oxygen atoms in total. The summed E-state index contributed by atoms with van der Waals surface area (Å²) in [6.07, 6.45) is 0.930. The molecular formula is C16H26N2O2. The number of aryl methyl sites for hydroxylation is 1. The lowest BCUT2D eigenvalue weighted by atomic mass is 10.0. The summed E-state index contributed by atoms with van der Waals surface area (Å²) in [6.45, 7) is 9.90. The number of rotatable bonds is 8. The summed E-state index contributed by atoms with van der Waals surface area (Å²) in [4.78, 5) is 11.6. The molecule has 0 aliphatic rings. The molecule has 2 N–H and O–H groups in total. The minimum atomic E-state index is -0.0746. The van der Waals surface area contributed by atoms with E-state index >= 15 is 0 Å². The van der Waals surface area contributed by atoms with Gasteiger partial charge < -0.3 is 15.4 Å². The van der Waals surface area contributed by atoms with Gasteiger partial charge in [0.15, 0.2) is 6.61 Å². The Kier molecular flexibility index (Phi) is 7.09. The molecule has 1 unspecified atom stereocenters. The van der Waals surface area contributed by atoms with Crippen molar-refractivity contribution in [3.63, 3.8) is 0 Å². The third-order valence-electron chi connectivity index (χ3n) is 3.07. The van der Waals surface area contributed by atoms with Crippen molar-refractivity contribution < 1.29 is 9.53 Å². The van der Waals surface area contributed by atoms with Gasteiger partial charge in [0.1, 0.15) is 5.75 Å². The van der Waals surface area contributed by atoms with E-state index in [4.69, 9.17) is 4.74 Å². The van der Waals surface area contributed by atoms with Crippen LogP contribution in [0, 0.1) is 6.92 Å². The molecule has 0 aliphatic carbocycles. The first-order valence-corrected chi connectivity index (χ1v) is 7.31. The first-order valence-electron chi connectivity index (χ1n) is 7.31. The van der Waals surface area contributed by atoms with Gasteiger partial charge in [0.25, 0.3) is 5.91 Å². The Morgan fingerprint density at radius 2 is 2.10 bits per heavy atom. The molecule has 0 fully saturated rings. The van der Waals surface area contributed by atoms with Crippen LogP contribution >= 0.6 is 0 Å². The maximum Gasteiger partial charge on any atom is 0.257 e. The number of amides is 1. The van der Waals surface area contributed by atoms with Gasteiger partial charge in [0, 0.05) is 18.2 Å². The maximum atomic E-state index is 11.6.